The Hall–Kier alpha value is -4.48. The molecule has 0 spiro atoms. The molecule has 5 rings (SSSR count). The molecule has 0 aliphatic carbocycles. The van der Waals surface area contributed by atoms with Gasteiger partial charge < -0.3 is 34.6 Å². The van der Waals surface area contributed by atoms with Gasteiger partial charge in [-0.1, -0.05) is 30.2 Å². The van der Waals surface area contributed by atoms with Gasteiger partial charge in [0.15, 0.2) is 11.6 Å². The first-order valence-corrected chi connectivity index (χ1v) is 18.9. The number of nitrogens with one attached hydrogen (secondary N) is 2. The van der Waals surface area contributed by atoms with Crippen LogP contribution < -0.4 is 20.1 Å². The highest BCUT2D eigenvalue weighted by Gasteiger charge is 2.45. The van der Waals surface area contributed by atoms with Crippen LogP contribution in [0, 0.1) is 18.7 Å². The minimum Gasteiger partial charge on any atom is -0.475 e. The number of likely N-dealkylation sites (tertiary alicyclic amines) is 1. The van der Waals surface area contributed by atoms with Crippen LogP contribution in [0.2, 0.25) is 0 Å². The maximum absolute atomic E-state index is 15.9. The summed E-state index contributed by atoms with van der Waals surface area (Å²) >= 11 is 1.25. The van der Waals surface area contributed by atoms with Gasteiger partial charge >= 0.3 is 11.9 Å². The lowest BCUT2D eigenvalue weighted by Crippen LogP contribution is -2.49. The topological polar surface area (TPSA) is 170 Å². The Balaban J connectivity index is 1.30. The number of benzene rings is 1. The molecule has 2 aromatic heterocycles. The summed E-state index contributed by atoms with van der Waals surface area (Å²) in [5.41, 5.74) is 2.66. The van der Waals surface area contributed by atoms with E-state index < -0.39 is 53.8 Å². The minimum atomic E-state index is -1.04. The van der Waals surface area contributed by atoms with E-state index in [2.05, 4.69) is 30.8 Å². The second-order valence-corrected chi connectivity index (χ2v) is 14.6. The molecule has 4 atom stereocenters. The van der Waals surface area contributed by atoms with Crippen LogP contribution in [-0.4, -0.2) is 112 Å². The lowest BCUT2D eigenvalue weighted by atomic mass is 10.0. The molecule has 288 valence electrons. The van der Waals surface area contributed by atoms with E-state index in [9.17, 15) is 19.2 Å². The highest BCUT2D eigenvalue weighted by atomic mass is 32.1. The zero-order valence-corrected chi connectivity index (χ0v) is 31.9. The van der Waals surface area contributed by atoms with E-state index in [4.69, 9.17) is 14.2 Å². The number of piperazine rings is 1. The van der Waals surface area contributed by atoms with Crippen molar-refractivity contribution in [1.29, 1.82) is 0 Å². The van der Waals surface area contributed by atoms with Crippen LogP contribution in [0.1, 0.15) is 77.2 Å². The molecule has 1 aromatic carbocycles. The molecule has 53 heavy (non-hydrogen) atoms. The molecule has 0 bridgehead atoms. The van der Waals surface area contributed by atoms with Crippen molar-refractivity contribution in [2.24, 2.45) is 5.92 Å². The molecule has 0 radical (unpaired) electrons. The van der Waals surface area contributed by atoms with Gasteiger partial charge in [-0.05, 0) is 45.2 Å². The lowest BCUT2D eigenvalue weighted by Gasteiger charge is -2.30. The lowest BCUT2D eigenvalue weighted by molar-refractivity contribution is -0.147. The van der Waals surface area contributed by atoms with E-state index in [1.165, 1.54) is 34.8 Å². The molecular weight excluding hydrogens is 708 g/mol. The number of aromatic nitrogens is 4. The summed E-state index contributed by atoms with van der Waals surface area (Å²) in [4.78, 5) is 60.9. The average Bonchev–Trinajstić information content (AvgIpc) is 3.86. The molecule has 3 aromatic rings. The Morgan fingerprint density at radius 3 is 2.51 bits per heavy atom. The van der Waals surface area contributed by atoms with Crippen LogP contribution in [0.15, 0.2) is 23.8 Å². The molecule has 17 heteroatoms. The second kappa shape index (κ2) is 18.0. The number of halogens is 1. The Morgan fingerprint density at radius 1 is 1.09 bits per heavy atom. The van der Waals surface area contributed by atoms with E-state index in [0.717, 1.165) is 45.6 Å². The van der Waals surface area contributed by atoms with Crippen molar-refractivity contribution in [2.75, 3.05) is 45.9 Å². The molecule has 0 saturated carbocycles. The first kappa shape index (κ1) is 39.7. The maximum atomic E-state index is 15.9. The zero-order chi connectivity index (χ0) is 38.2. The SMILES string of the molecule is CC(=O)Oc1c([C@H](C)NC(=O)[C@@H]2C[C@@H](OC(C)=O)CN2C(=O)[C@H](C(C)C)n2cc(OCCCCN3CCNCC3)nn2)ccc(-c2scnc2C)c1F. The summed E-state index contributed by atoms with van der Waals surface area (Å²) in [6.45, 7) is 15.1. The molecule has 0 unspecified atom stereocenters. The predicted octanol–water partition coefficient (Wildman–Crippen LogP) is 3.45. The molecule has 2 N–H and O–H groups in total. The first-order chi connectivity index (χ1) is 25.3. The van der Waals surface area contributed by atoms with Gasteiger partial charge in [-0.25, -0.2) is 14.1 Å². The van der Waals surface area contributed by atoms with Gasteiger partial charge in [-0.15, -0.1) is 11.3 Å². The van der Waals surface area contributed by atoms with E-state index in [0.29, 0.717) is 23.1 Å². The van der Waals surface area contributed by atoms with Crippen molar-refractivity contribution in [3.63, 3.8) is 0 Å². The van der Waals surface area contributed by atoms with Gasteiger partial charge in [0, 0.05) is 57.6 Å². The Labute approximate surface area is 312 Å². The third kappa shape index (κ3) is 9.94. The Bertz CT molecular complexity index is 1760. The van der Waals surface area contributed by atoms with Gasteiger partial charge in [-0.2, -0.15) is 0 Å². The summed E-state index contributed by atoms with van der Waals surface area (Å²) in [5.74, 6) is -3.27. The fourth-order valence-electron chi connectivity index (χ4n) is 6.78. The van der Waals surface area contributed by atoms with Gasteiger partial charge in [-0.3, -0.25) is 19.2 Å². The van der Waals surface area contributed by atoms with E-state index in [-0.39, 0.29) is 35.8 Å². The van der Waals surface area contributed by atoms with Crippen molar-refractivity contribution in [2.45, 2.75) is 85.0 Å². The number of rotatable bonds is 15. The number of aryl methyl sites for hydroxylation is 1. The van der Waals surface area contributed by atoms with Gasteiger partial charge in [0.2, 0.25) is 11.8 Å². The van der Waals surface area contributed by atoms with E-state index >= 15 is 4.39 Å². The van der Waals surface area contributed by atoms with E-state index in [1.54, 1.807) is 37.7 Å². The zero-order valence-electron chi connectivity index (χ0n) is 31.1. The molecular formula is C36H49FN8O7S. The summed E-state index contributed by atoms with van der Waals surface area (Å²) in [6, 6.07) is 0.418. The number of unbranched alkanes of at least 4 members (excludes halogenated alkanes) is 1. The molecule has 2 fully saturated rings. The quantitative estimate of drug-likeness (QED) is 0.132. The monoisotopic (exact) mass is 756 g/mol. The van der Waals surface area contributed by atoms with Crippen molar-refractivity contribution < 1.29 is 37.8 Å². The van der Waals surface area contributed by atoms with Crippen molar-refractivity contribution >= 4 is 35.1 Å². The van der Waals surface area contributed by atoms with Crippen molar-refractivity contribution in [1.82, 2.24) is 40.4 Å². The summed E-state index contributed by atoms with van der Waals surface area (Å²) < 4.78 is 34.1. The van der Waals surface area contributed by atoms with Gasteiger partial charge in [0.05, 0.1) is 41.5 Å². The molecule has 2 amide bonds. The van der Waals surface area contributed by atoms with Crippen molar-refractivity contribution in [3.05, 3.63) is 40.9 Å². The molecule has 15 nitrogen and oxygen atoms in total. The van der Waals surface area contributed by atoms with Gasteiger partial charge in [0.1, 0.15) is 18.2 Å². The fourth-order valence-corrected chi connectivity index (χ4v) is 7.60. The third-order valence-corrected chi connectivity index (χ3v) is 10.3. The largest absolute Gasteiger partial charge is 0.475 e. The molecule has 2 saturated heterocycles. The Morgan fingerprint density at radius 2 is 1.85 bits per heavy atom. The summed E-state index contributed by atoms with van der Waals surface area (Å²) in [7, 11) is 0. The number of thiazole rings is 1. The van der Waals surface area contributed by atoms with Crippen LogP contribution in [0.3, 0.4) is 0 Å². The van der Waals surface area contributed by atoms with Crippen LogP contribution in [0.25, 0.3) is 10.4 Å². The Kier molecular flexibility index (Phi) is 13.5. The van der Waals surface area contributed by atoms with Crippen LogP contribution in [0.4, 0.5) is 4.39 Å². The average molecular weight is 757 g/mol. The highest BCUT2D eigenvalue weighted by molar-refractivity contribution is 7.13. The normalized spacial score (nSPS) is 18.8. The smallest absolute Gasteiger partial charge is 0.308 e. The maximum Gasteiger partial charge on any atom is 0.308 e. The summed E-state index contributed by atoms with van der Waals surface area (Å²) in [5, 5.41) is 14.6. The number of hydrogen-bond acceptors (Lipinski definition) is 13. The van der Waals surface area contributed by atoms with Crippen molar-refractivity contribution in [3.8, 4) is 22.1 Å². The molecule has 2 aliphatic rings. The number of amides is 2. The van der Waals surface area contributed by atoms with E-state index in [1.807, 2.05) is 13.8 Å². The van der Waals surface area contributed by atoms with Gasteiger partial charge in [0.25, 0.3) is 5.88 Å². The predicted molar refractivity (Wildman–Crippen MR) is 194 cm³/mol. The standard InChI is InChI=1S/C36H49FN8O7S/c1-21(2)32(45-19-30(41-42-45)50-16-8-7-13-43-14-11-38-12-15-43)36(49)44-18-26(51-24(5)46)17-29(44)35(48)40-22(3)27-9-10-28(34-23(4)39-20-53-34)31(37)33(27)52-25(6)47/h9-10,19-22,26,29,32,38H,7-8,11-18H2,1-6H3,(H,40,48)/t22-,26+,29-,32-/m0/s1. The molecule has 4 heterocycles. The number of ether oxygens (including phenoxy) is 3. The number of carbonyl (C=O) groups is 4. The van der Waals surface area contributed by atoms with Crippen LogP contribution >= 0.6 is 11.3 Å². The number of hydrogen-bond donors (Lipinski definition) is 2. The first-order valence-electron chi connectivity index (χ1n) is 18.0. The second-order valence-electron chi connectivity index (χ2n) is 13.8. The summed E-state index contributed by atoms with van der Waals surface area (Å²) in [6.07, 6.45) is 2.72. The minimum absolute atomic E-state index is 0.0184. The third-order valence-electron chi connectivity index (χ3n) is 9.36. The van der Waals surface area contributed by atoms with Crippen LogP contribution in [0.5, 0.6) is 11.6 Å². The fraction of sp³-hybridized carbons (Fsp3) is 0.583. The number of nitrogens with zero attached hydrogens (tertiary/aromatic N) is 6. The highest BCUT2D eigenvalue weighted by Crippen LogP contribution is 2.38. The number of carbonyl (C=O) groups excluding carboxylic acids is 4. The van der Waals surface area contributed by atoms with Crippen LogP contribution in [-0.2, 0) is 23.9 Å². The molecule has 2 aliphatic heterocycles. The number of esters is 2.